The SMILES string of the molecule is N[C@H]1CCc2cc(Cl)cc(Cl)c2[C@H]1O. The number of halogens is 2. The Hall–Kier alpha value is -0.280. The van der Waals surface area contributed by atoms with Crippen LogP contribution in [0.15, 0.2) is 12.1 Å². The number of fused-ring (bicyclic) bond motifs is 1. The fourth-order valence-electron chi connectivity index (χ4n) is 1.87. The molecule has 2 nitrogen and oxygen atoms in total. The predicted molar refractivity (Wildman–Crippen MR) is 57.7 cm³/mol. The Bertz CT molecular complexity index is 367. The molecule has 1 aromatic rings. The third kappa shape index (κ3) is 1.63. The molecule has 76 valence electrons. The van der Waals surface area contributed by atoms with Crippen molar-refractivity contribution in [2.75, 3.05) is 0 Å². The second-order valence-corrected chi connectivity index (χ2v) is 4.45. The summed E-state index contributed by atoms with van der Waals surface area (Å²) >= 11 is 11.9. The van der Waals surface area contributed by atoms with Gasteiger partial charge in [-0.05, 0) is 30.5 Å². The van der Waals surface area contributed by atoms with Crippen LogP contribution in [0.25, 0.3) is 0 Å². The standard InChI is InChI=1S/C10H11Cl2NO/c11-6-3-5-1-2-8(13)10(14)9(5)7(12)4-6/h3-4,8,10,14H,1-2,13H2/t8-,10-/m0/s1. The van der Waals surface area contributed by atoms with Gasteiger partial charge in [-0.15, -0.1) is 0 Å². The average Bonchev–Trinajstić information content (AvgIpc) is 2.10. The van der Waals surface area contributed by atoms with Crippen LogP contribution < -0.4 is 5.73 Å². The van der Waals surface area contributed by atoms with E-state index < -0.39 is 6.10 Å². The Morgan fingerprint density at radius 1 is 1.36 bits per heavy atom. The van der Waals surface area contributed by atoms with Crippen LogP contribution in [0.2, 0.25) is 10.0 Å². The first-order valence-corrected chi connectivity index (χ1v) is 5.26. The highest BCUT2D eigenvalue weighted by Crippen LogP contribution is 2.36. The van der Waals surface area contributed by atoms with Crippen LogP contribution >= 0.6 is 23.2 Å². The lowest BCUT2D eigenvalue weighted by atomic mass is 9.86. The summed E-state index contributed by atoms with van der Waals surface area (Å²) in [4.78, 5) is 0. The lowest BCUT2D eigenvalue weighted by Gasteiger charge is -2.28. The fourth-order valence-corrected chi connectivity index (χ4v) is 2.52. The highest BCUT2D eigenvalue weighted by Gasteiger charge is 2.27. The minimum atomic E-state index is -0.663. The van der Waals surface area contributed by atoms with Gasteiger partial charge in [0.25, 0.3) is 0 Å². The van der Waals surface area contributed by atoms with Gasteiger partial charge in [-0.3, -0.25) is 0 Å². The first kappa shape index (κ1) is 10.2. The van der Waals surface area contributed by atoms with Crippen molar-refractivity contribution in [3.8, 4) is 0 Å². The zero-order valence-electron chi connectivity index (χ0n) is 7.50. The van der Waals surface area contributed by atoms with Crippen molar-refractivity contribution in [3.63, 3.8) is 0 Å². The van der Waals surface area contributed by atoms with E-state index >= 15 is 0 Å². The van der Waals surface area contributed by atoms with Crippen LogP contribution in [0, 0.1) is 0 Å². The molecule has 0 fully saturated rings. The van der Waals surface area contributed by atoms with Crippen molar-refractivity contribution >= 4 is 23.2 Å². The molecule has 0 aromatic heterocycles. The lowest BCUT2D eigenvalue weighted by molar-refractivity contribution is 0.134. The molecule has 0 aliphatic heterocycles. The van der Waals surface area contributed by atoms with E-state index in [4.69, 9.17) is 28.9 Å². The van der Waals surface area contributed by atoms with Crippen LogP contribution in [0.1, 0.15) is 23.7 Å². The van der Waals surface area contributed by atoms with Gasteiger partial charge in [0.05, 0.1) is 6.10 Å². The molecule has 1 aliphatic rings. The summed E-state index contributed by atoms with van der Waals surface area (Å²) < 4.78 is 0. The Labute approximate surface area is 92.6 Å². The lowest BCUT2D eigenvalue weighted by Crippen LogP contribution is -2.33. The zero-order chi connectivity index (χ0) is 10.3. The van der Waals surface area contributed by atoms with Crippen molar-refractivity contribution in [1.82, 2.24) is 0 Å². The first-order valence-electron chi connectivity index (χ1n) is 4.51. The molecule has 0 unspecified atom stereocenters. The molecule has 0 saturated carbocycles. The van der Waals surface area contributed by atoms with Gasteiger partial charge in [-0.2, -0.15) is 0 Å². The molecule has 0 amide bonds. The number of rotatable bonds is 0. The smallest absolute Gasteiger partial charge is 0.0958 e. The molecule has 1 aromatic carbocycles. The van der Waals surface area contributed by atoms with E-state index in [1.165, 1.54) is 0 Å². The van der Waals surface area contributed by atoms with E-state index in [2.05, 4.69) is 0 Å². The van der Waals surface area contributed by atoms with Crippen LogP contribution in [-0.2, 0) is 6.42 Å². The van der Waals surface area contributed by atoms with Crippen molar-refractivity contribution in [3.05, 3.63) is 33.3 Å². The zero-order valence-corrected chi connectivity index (χ0v) is 9.02. The number of hydrogen-bond acceptors (Lipinski definition) is 2. The maximum Gasteiger partial charge on any atom is 0.0958 e. The van der Waals surface area contributed by atoms with Gasteiger partial charge >= 0.3 is 0 Å². The summed E-state index contributed by atoms with van der Waals surface area (Å²) in [6, 6.07) is 3.27. The second kappa shape index (κ2) is 3.70. The number of aryl methyl sites for hydroxylation is 1. The number of aliphatic hydroxyl groups excluding tert-OH is 1. The van der Waals surface area contributed by atoms with Crippen molar-refractivity contribution < 1.29 is 5.11 Å². The van der Waals surface area contributed by atoms with Crippen LogP contribution in [0.4, 0.5) is 0 Å². The van der Waals surface area contributed by atoms with Gasteiger partial charge in [-0.1, -0.05) is 23.2 Å². The molecule has 0 heterocycles. The summed E-state index contributed by atoms with van der Waals surface area (Å²) in [6.07, 6.45) is 0.932. The number of benzene rings is 1. The van der Waals surface area contributed by atoms with E-state index in [1.807, 2.05) is 6.07 Å². The molecule has 14 heavy (non-hydrogen) atoms. The Morgan fingerprint density at radius 2 is 2.07 bits per heavy atom. The maximum absolute atomic E-state index is 9.85. The molecule has 2 rings (SSSR count). The van der Waals surface area contributed by atoms with Gasteiger partial charge in [0, 0.05) is 21.7 Å². The molecular weight excluding hydrogens is 221 g/mol. The summed E-state index contributed by atoms with van der Waals surface area (Å²) in [5, 5.41) is 11.0. The quantitative estimate of drug-likeness (QED) is 0.720. The molecule has 0 spiro atoms. The second-order valence-electron chi connectivity index (χ2n) is 3.61. The largest absolute Gasteiger partial charge is 0.387 e. The molecule has 0 saturated heterocycles. The highest BCUT2D eigenvalue weighted by molar-refractivity contribution is 6.35. The van der Waals surface area contributed by atoms with E-state index in [0.717, 1.165) is 24.0 Å². The molecular formula is C10H11Cl2NO. The summed E-state index contributed by atoms with van der Waals surface area (Å²) in [6.45, 7) is 0. The average molecular weight is 232 g/mol. The van der Waals surface area contributed by atoms with Gasteiger partial charge in [0.2, 0.25) is 0 Å². The number of nitrogens with two attached hydrogens (primary N) is 1. The summed E-state index contributed by atoms with van der Waals surface area (Å²) in [5.41, 5.74) is 7.51. The van der Waals surface area contributed by atoms with Gasteiger partial charge in [0.1, 0.15) is 0 Å². The normalized spacial score (nSPS) is 26.0. The number of aliphatic hydroxyl groups is 1. The van der Waals surface area contributed by atoms with Crippen molar-refractivity contribution in [2.24, 2.45) is 5.73 Å². The van der Waals surface area contributed by atoms with E-state index in [1.54, 1.807) is 6.07 Å². The van der Waals surface area contributed by atoms with Crippen LogP contribution in [-0.4, -0.2) is 11.1 Å². The fraction of sp³-hybridized carbons (Fsp3) is 0.400. The van der Waals surface area contributed by atoms with Gasteiger partial charge in [-0.25, -0.2) is 0 Å². The van der Waals surface area contributed by atoms with E-state index in [0.29, 0.717) is 10.0 Å². The predicted octanol–water partition coefficient (Wildman–Crippen LogP) is 2.30. The van der Waals surface area contributed by atoms with Crippen molar-refractivity contribution in [1.29, 1.82) is 0 Å². The Kier molecular flexibility index (Phi) is 2.71. The number of hydrogen-bond donors (Lipinski definition) is 2. The van der Waals surface area contributed by atoms with Crippen molar-refractivity contribution in [2.45, 2.75) is 25.0 Å². The monoisotopic (exact) mass is 231 g/mol. The first-order chi connectivity index (χ1) is 6.59. The Balaban J connectivity index is 2.54. The maximum atomic E-state index is 9.85. The minimum Gasteiger partial charge on any atom is -0.387 e. The summed E-state index contributed by atoms with van der Waals surface area (Å²) in [7, 11) is 0. The minimum absolute atomic E-state index is 0.221. The topological polar surface area (TPSA) is 46.2 Å². The third-order valence-electron chi connectivity index (χ3n) is 2.63. The van der Waals surface area contributed by atoms with E-state index in [-0.39, 0.29) is 6.04 Å². The third-order valence-corrected chi connectivity index (χ3v) is 3.16. The van der Waals surface area contributed by atoms with Gasteiger partial charge in [0.15, 0.2) is 0 Å². The molecule has 2 atom stereocenters. The highest BCUT2D eigenvalue weighted by atomic mass is 35.5. The van der Waals surface area contributed by atoms with E-state index in [9.17, 15) is 5.11 Å². The summed E-state index contributed by atoms with van der Waals surface area (Å²) in [5.74, 6) is 0. The van der Waals surface area contributed by atoms with Crippen LogP contribution in [0.3, 0.4) is 0 Å². The molecule has 0 radical (unpaired) electrons. The molecule has 4 heteroatoms. The molecule has 1 aliphatic carbocycles. The molecule has 3 N–H and O–H groups in total. The van der Waals surface area contributed by atoms with Crippen LogP contribution in [0.5, 0.6) is 0 Å². The van der Waals surface area contributed by atoms with Gasteiger partial charge < -0.3 is 10.8 Å². The molecule has 0 bridgehead atoms. The Morgan fingerprint density at radius 3 is 2.79 bits per heavy atom.